The van der Waals surface area contributed by atoms with Crippen molar-refractivity contribution in [3.8, 4) is 11.5 Å². The molecule has 1 aromatic carbocycles. The quantitative estimate of drug-likeness (QED) is 0.799. The van der Waals surface area contributed by atoms with E-state index < -0.39 is 0 Å². The highest BCUT2D eigenvalue weighted by atomic mass is 16.5. The number of rotatable bonds is 6. The Morgan fingerprint density at radius 3 is 2.75 bits per heavy atom. The van der Waals surface area contributed by atoms with E-state index in [1.807, 2.05) is 12.1 Å². The van der Waals surface area contributed by atoms with E-state index in [9.17, 15) is 0 Å². The molecule has 16 heavy (non-hydrogen) atoms. The molecule has 0 saturated heterocycles. The third-order valence-electron chi connectivity index (χ3n) is 2.83. The largest absolute Gasteiger partial charge is 0.493 e. The third-order valence-corrected chi connectivity index (χ3v) is 2.83. The summed E-state index contributed by atoms with van der Waals surface area (Å²) >= 11 is 0. The molecule has 0 spiro atoms. The minimum absolute atomic E-state index is 0.658. The SMILES string of the molecule is COc1cc(CCN)ccc1OCC1CC1. The summed E-state index contributed by atoms with van der Waals surface area (Å²) < 4.78 is 11.0. The van der Waals surface area contributed by atoms with Crippen LogP contribution in [-0.2, 0) is 6.42 Å². The number of hydrogen-bond acceptors (Lipinski definition) is 3. The number of benzene rings is 1. The highest BCUT2D eigenvalue weighted by Crippen LogP contribution is 2.33. The second-order valence-electron chi connectivity index (χ2n) is 4.28. The molecule has 0 aromatic heterocycles. The predicted molar refractivity (Wildman–Crippen MR) is 64.0 cm³/mol. The molecule has 1 aliphatic rings. The highest BCUT2D eigenvalue weighted by molar-refractivity contribution is 5.43. The molecule has 1 fully saturated rings. The van der Waals surface area contributed by atoms with Crippen molar-refractivity contribution in [1.29, 1.82) is 0 Å². The predicted octanol–water partition coefficient (Wildman–Crippen LogP) is 1.99. The Balaban J connectivity index is 2.03. The molecule has 3 nitrogen and oxygen atoms in total. The van der Waals surface area contributed by atoms with Gasteiger partial charge in [0.15, 0.2) is 11.5 Å². The molecule has 0 heterocycles. The third kappa shape index (κ3) is 2.89. The summed E-state index contributed by atoms with van der Waals surface area (Å²) in [5.74, 6) is 2.41. The van der Waals surface area contributed by atoms with Crippen molar-refractivity contribution >= 4 is 0 Å². The first-order chi connectivity index (χ1) is 7.83. The van der Waals surface area contributed by atoms with Crippen molar-refractivity contribution in [2.45, 2.75) is 19.3 Å². The zero-order valence-electron chi connectivity index (χ0n) is 9.74. The lowest BCUT2D eigenvalue weighted by Crippen LogP contribution is -2.04. The Hall–Kier alpha value is -1.22. The topological polar surface area (TPSA) is 44.5 Å². The van der Waals surface area contributed by atoms with Crippen LogP contribution in [0.1, 0.15) is 18.4 Å². The van der Waals surface area contributed by atoms with Crippen LogP contribution in [0.5, 0.6) is 11.5 Å². The Morgan fingerprint density at radius 2 is 2.12 bits per heavy atom. The van der Waals surface area contributed by atoms with Gasteiger partial charge >= 0.3 is 0 Å². The molecular weight excluding hydrogens is 202 g/mol. The Morgan fingerprint density at radius 1 is 1.31 bits per heavy atom. The van der Waals surface area contributed by atoms with Gasteiger partial charge < -0.3 is 15.2 Å². The second kappa shape index (κ2) is 5.21. The van der Waals surface area contributed by atoms with Crippen molar-refractivity contribution < 1.29 is 9.47 Å². The van der Waals surface area contributed by atoms with Gasteiger partial charge in [-0.15, -0.1) is 0 Å². The van der Waals surface area contributed by atoms with Gasteiger partial charge in [-0.25, -0.2) is 0 Å². The van der Waals surface area contributed by atoms with Crippen molar-refractivity contribution in [3.05, 3.63) is 23.8 Å². The lowest BCUT2D eigenvalue weighted by Gasteiger charge is -2.11. The summed E-state index contributed by atoms with van der Waals surface area (Å²) in [6.45, 7) is 1.47. The van der Waals surface area contributed by atoms with Crippen LogP contribution >= 0.6 is 0 Å². The molecule has 1 aliphatic carbocycles. The first-order valence-corrected chi connectivity index (χ1v) is 5.83. The van der Waals surface area contributed by atoms with E-state index >= 15 is 0 Å². The zero-order chi connectivity index (χ0) is 11.4. The van der Waals surface area contributed by atoms with E-state index in [-0.39, 0.29) is 0 Å². The lowest BCUT2D eigenvalue weighted by atomic mass is 10.1. The molecule has 0 unspecified atom stereocenters. The standard InChI is InChI=1S/C13H19NO2/c1-15-13-8-10(6-7-14)4-5-12(13)16-9-11-2-3-11/h4-5,8,11H,2-3,6-7,9,14H2,1H3. The summed E-state index contributed by atoms with van der Waals surface area (Å²) in [4.78, 5) is 0. The smallest absolute Gasteiger partial charge is 0.161 e. The summed E-state index contributed by atoms with van der Waals surface area (Å²) in [6.07, 6.45) is 3.47. The van der Waals surface area contributed by atoms with Crippen LogP contribution in [0.2, 0.25) is 0 Å². The van der Waals surface area contributed by atoms with Crippen LogP contribution in [0, 0.1) is 5.92 Å². The Kier molecular flexibility index (Phi) is 3.67. The van der Waals surface area contributed by atoms with E-state index in [0.717, 1.165) is 30.4 Å². The van der Waals surface area contributed by atoms with Gasteiger partial charge in [0.1, 0.15) is 0 Å². The normalized spacial score (nSPS) is 14.9. The molecule has 2 N–H and O–H groups in total. The maximum atomic E-state index is 5.73. The fourth-order valence-corrected chi connectivity index (χ4v) is 1.65. The van der Waals surface area contributed by atoms with Crippen molar-refractivity contribution in [1.82, 2.24) is 0 Å². The molecule has 0 aliphatic heterocycles. The Bertz CT molecular complexity index is 348. The number of methoxy groups -OCH3 is 1. The Labute approximate surface area is 96.5 Å². The molecule has 1 aromatic rings. The van der Waals surface area contributed by atoms with Crippen molar-refractivity contribution in [2.24, 2.45) is 11.7 Å². The van der Waals surface area contributed by atoms with E-state index in [1.165, 1.54) is 18.4 Å². The van der Waals surface area contributed by atoms with Gasteiger partial charge in [0, 0.05) is 0 Å². The zero-order valence-corrected chi connectivity index (χ0v) is 9.74. The maximum absolute atomic E-state index is 5.73. The van der Waals surface area contributed by atoms with Crippen LogP contribution in [-0.4, -0.2) is 20.3 Å². The molecule has 0 radical (unpaired) electrons. The van der Waals surface area contributed by atoms with Gasteiger partial charge in [-0.1, -0.05) is 6.07 Å². The van der Waals surface area contributed by atoms with Gasteiger partial charge in [0.05, 0.1) is 13.7 Å². The first kappa shape index (κ1) is 11.3. The lowest BCUT2D eigenvalue weighted by molar-refractivity contribution is 0.280. The second-order valence-corrected chi connectivity index (χ2v) is 4.28. The number of nitrogens with two attached hydrogens (primary N) is 1. The van der Waals surface area contributed by atoms with Gasteiger partial charge in [-0.3, -0.25) is 0 Å². The van der Waals surface area contributed by atoms with Gasteiger partial charge in [0.2, 0.25) is 0 Å². The fourth-order valence-electron chi connectivity index (χ4n) is 1.65. The maximum Gasteiger partial charge on any atom is 0.161 e. The van der Waals surface area contributed by atoms with E-state index in [2.05, 4.69) is 6.07 Å². The van der Waals surface area contributed by atoms with Gasteiger partial charge in [0.25, 0.3) is 0 Å². The van der Waals surface area contributed by atoms with Gasteiger partial charge in [-0.05, 0) is 49.4 Å². The summed E-state index contributed by atoms with van der Waals surface area (Å²) in [6, 6.07) is 6.04. The van der Waals surface area contributed by atoms with Crippen molar-refractivity contribution in [2.75, 3.05) is 20.3 Å². The molecule has 88 valence electrons. The summed E-state index contributed by atoms with van der Waals surface area (Å²) in [5.41, 5.74) is 6.72. The molecular formula is C13H19NO2. The fraction of sp³-hybridized carbons (Fsp3) is 0.538. The van der Waals surface area contributed by atoms with Crippen LogP contribution in [0.3, 0.4) is 0 Å². The van der Waals surface area contributed by atoms with E-state index in [0.29, 0.717) is 6.54 Å². The molecule has 1 saturated carbocycles. The van der Waals surface area contributed by atoms with E-state index in [1.54, 1.807) is 7.11 Å². The van der Waals surface area contributed by atoms with Gasteiger partial charge in [-0.2, -0.15) is 0 Å². The molecule has 0 bridgehead atoms. The first-order valence-electron chi connectivity index (χ1n) is 5.83. The van der Waals surface area contributed by atoms with Crippen LogP contribution in [0.15, 0.2) is 18.2 Å². The van der Waals surface area contributed by atoms with Crippen LogP contribution in [0.4, 0.5) is 0 Å². The monoisotopic (exact) mass is 221 g/mol. The molecule has 0 amide bonds. The van der Waals surface area contributed by atoms with Crippen LogP contribution in [0.25, 0.3) is 0 Å². The minimum Gasteiger partial charge on any atom is -0.493 e. The average Bonchev–Trinajstić information content (AvgIpc) is 3.11. The number of hydrogen-bond donors (Lipinski definition) is 1. The molecule has 0 atom stereocenters. The summed E-state index contributed by atoms with van der Waals surface area (Å²) in [7, 11) is 1.67. The number of ether oxygens (including phenoxy) is 2. The highest BCUT2D eigenvalue weighted by Gasteiger charge is 2.22. The molecule has 3 heteroatoms. The van der Waals surface area contributed by atoms with Crippen molar-refractivity contribution in [3.63, 3.8) is 0 Å². The van der Waals surface area contributed by atoms with E-state index in [4.69, 9.17) is 15.2 Å². The summed E-state index contributed by atoms with van der Waals surface area (Å²) in [5, 5.41) is 0. The molecule has 2 rings (SSSR count). The minimum atomic E-state index is 0.658. The van der Waals surface area contributed by atoms with Crippen LogP contribution < -0.4 is 15.2 Å². The average molecular weight is 221 g/mol.